The number of epoxide rings is 1. The van der Waals surface area contributed by atoms with Crippen LogP contribution in [-0.2, 0) is 20.9 Å². The van der Waals surface area contributed by atoms with Gasteiger partial charge >= 0.3 is 0 Å². The van der Waals surface area contributed by atoms with E-state index in [1.54, 1.807) is 0 Å². The average molecular weight is 388 g/mol. The predicted molar refractivity (Wildman–Crippen MR) is 112 cm³/mol. The summed E-state index contributed by atoms with van der Waals surface area (Å²) in [7, 11) is 0. The van der Waals surface area contributed by atoms with Crippen LogP contribution in [0.25, 0.3) is 11.1 Å². The van der Waals surface area contributed by atoms with E-state index >= 15 is 0 Å². The first-order chi connectivity index (χ1) is 14.1. The summed E-state index contributed by atoms with van der Waals surface area (Å²) in [5.74, 6) is -0.649. The predicted octanol–water partition coefficient (Wildman–Crippen LogP) is 3.73. The first-order valence-corrected chi connectivity index (χ1v) is 9.93. The number of amides is 2. The molecule has 5 nitrogen and oxygen atoms in total. The maximum absolute atomic E-state index is 12.2. The molecule has 2 aromatic carbocycles. The molecule has 2 aromatic rings. The average Bonchev–Trinajstić information content (AvgIpc) is 3.51. The van der Waals surface area contributed by atoms with Crippen LogP contribution in [0.15, 0.2) is 73.0 Å². The van der Waals surface area contributed by atoms with E-state index in [-0.39, 0.29) is 24.9 Å². The molecule has 3 aliphatic heterocycles. The number of piperidine rings is 1. The minimum absolute atomic E-state index is 0. The highest BCUT2D eigenvalue weighted by atomic mass is 16.6. The van der Waals surface area contributed by atoms with Gasteiger partial charge in [-0.3, -0.25) is 14.9 Å². The summed E-state index contributed by atoms with van der Waals surface area (Å²) in [6.45, 7) is 1.52. The van der Waals surface area contributed by atoms with Crippen LogP contribution >= 0.6 is 0 Å². The molecule has 1 N–H and O–H groups in total. The van der Waals surface area contributed by atoms with Gasteiger partial charge in [0.15, 0.2) is 5.72 Å². The number of nitrogens with zero attached hydrogens (tertiary/aromatic N) is 1. The highest BCUT2D eigenvalue weighted by Gasteiger charge is 2.47. The van der Waals surface area contributed by atoms with Crippen molar-refractivity contribution in [2.45, 2.75) is 31.0 Å². The number of hydrogen-bond acceptors (Lipinski definition) is 4. The molecule has 0 aromatic heterocycles. The molecular formula is C24H24N2O3. The first kappa shape index (κ1) is 17.9. The van der Waals surface area contributed by atoms with Crippen LogP contribution in [-0.4, -0.2) is 29.0 Å². The number of carbonyl (C=O) groups excluding carboxylic acids is 2. The van der Waals surface area contributed by atoms with Crippen LogP contribution in [0, 0.1) is 0 Å². The lowest BCUT2D eigenvalue weighted by atomic mass is 9.88. The third-order valence-corrected chi connectivity index (χ3v) is 5.83. The third-order valence-electron chi connectivity index (χ3n) is 5.83. The Morgan fingerprint density at radius 2 is 1.93 bits per heavy atom. The minimum atomic E-state index is -0.263. The quantitative estimate of drug-likeness (QED) is 0.640. The Kier molecular flexibility index (Phi) is 4.32. The van der Waals surface area contributed by atoms with Crippen molar-refractivity contribution in [2.24, 2.45) is 0 Å². The van der Waals surface area contributed by atoms with E-state index < -0.39 is 0 Å². The molecule has 3 heterocycles. The van der Waals surface area contributed by atoms with Gasteiger partial charge in [-0.05, 0) is 40.8 Å². The van der Waals surface area contributed by atoms with E-state index in [1.165, 1.54) is 5.56 Å². The second-order valence-electron chi connectivity index (χ2n) is 7.79. The van der Waals surface area contributed by atoms with Gasteiger partial charge in [-0.2, -0.15) is 0 Å². The van der Waals surface area contributed by atoms with Gasteiger partial charge in [0.25, 0.3) is 0 Å². The van der Waals surface area contributed by atoms with Crippen LogP contribution in [0.1, 0.15) is 31.3 Å². The Labute approximate surface area is 171 Å². The summed E-state index contributed by atoms with van der Waals surface area (Å²) < 4.78 is 5.64. The van der Waals surface area contributed by atoms with Crippen molar-refractivity contribution in [1.29, 1.82) is 0 Å². The lowest BCUT2D eigenvalue weighted by Crippen LogP contribution is -2.39. The maximum Gasteiger partial charge on any atom is 0.234 e. The zero-order valence-electron chi connectivity index (χ0n) is 16.0. The van der Waals surface area contributed by atoms with E-state index in [0.29, 0.717) is 12.8 Å². The van der Waals surface area contributed by atoms with Crippen molar-refractivity contribution in [3.8, 4) is 11.1 Å². The Balaban J connectivity index is 0.00000218. The number of rotatable bonds is 4. The summed E-state index contributed by atoms with van der Waals surface area (Å²) >= 11 is 0. The fourth-order valence-electron chi connectivity index (χ4n) is 4.05. The van der Waals surface area contributed by atoms with Gasteiger partial charge in [-0.1, -0.05) is 54.6 Å². The molecule has 5 heteroatoms. The molecule has 3 aliphatic rings. The highest BCUT2D eigenvalue weighted by Crippen LogP contribution is 2.36. The van der Waals surface area contributed by atoms with Gasteiger partial charge in [0.05, 0.1) is 5.92 Å². The maximum atomic E-state index is 12.2. The lowest BCUT2D eigenvalue weighted by molar-refractivity contribution is -0.134. The number of allylic oxidation sites excluding steroid dienone is 2. The van der Waals surface area contributed by atoms with E-state index in [2.05, 4.69) is 58.9 Å². The molecule has 2 fully saturated rings. The van der Waals surface area contributed by atoms with Crippen LogP contribution < -0.4 is 5.32 Å². The normalized spacial score (nSPS) is 25.4. The molecule has 29 heavy (non-hydrogen) atoms. The van der Waals surface area contributed by atoms with Gasteiger partial charge in [-0.15, -0.1) is 0 Å². The molecule has 1 spiro atoms. The van der Waals surface area contributed by atoms with E-state index in [0.717, 1.165) is 29.8 Å². The molecule has 0 bridgehead atoms. The molecular weight excluding hydrogens is 364 g/mol. The lowest BCUT2D eigenvalue weighted by Gasteiger charge is -2.27. The van der Waals surface area contributed by atoms with Gasteiger partial charge in [-0.25, -0.2) is 0 Å². The van der Waals surface area contributed by atoms with Crippen molar-refractivity contribution in [3.63, 3.8) is 0 Å². The smallest absolute Gasteiger partial charge is 0.234 e. The SMILES string of the molecule is O=C1CCC(c2cccc(-c3ccc(CN4C=CC=CC45CO5)cc3)c2)C(=O)N1.[HH]. The Hall–Kier alpha value is -3.18. The molecule has 148 valence electrons. The molecule has 2 unspecified atom stereocenters. The number of nitrogens with one attached hydrogen (secondary N) is 1. The van der Waals surface area contributed by atoms with Crippen molar-refractivity contribution >= 4 is 11.8 Å². The van der Waals surface area contributed by atoms with Crippen LogP contribution in [0.3, 0.4) is 0 Å². The molecule has 0 radical (unpaired) electrons. The largest absolute Gasteiger partial charge is 0.344 e. The molecule has 5 rings (SSSR count). The van der Waals surface area contributed by atoms with Crippen molar-refractivity contribution in [2.75, 3.05) is 6.61 Å². The van der Waals surface area contributed by atoms with E-state index in [4.69, 9.17) is 4.74 Å². The molecule has 2 saturated heterocycles. The standard InChI is InChI=1S/C24H22N2O3.H2/c27-22-11-10-21(23(28)25-22)20-5-3-4-19(14-20)18-8-6-17(7-9-18)15-26-13-2-1-12-24(26)16-29-24;/h1-9,12-14,21H,10-11,15-16H2,(H,25,27,28);1H. The number of hydrogen-bond donors (Lipinski definition) is 1. The van der Waals surface area contributed by atoms with Gasteiger partial charge in [0.1, 0.15) is 6.61 Å². The number of imide groups is 1. The topological polar surface area (TPSA) is 61.9 Å². The summed E-state index contributed by atoms with van der Waals surface area (Å²) in [5.41, 5.74) is 4.10. The molecule has 2 amide bonds. The number of ether oxygens (including phenoxy) is 1. The Morgan fingerprint density at radius 3 is 2.69 bits per heavy atom. The van der Waals surface area contributed by atoms with Gasteiger partial charge in [0, 0.05) is 20.6 Å². The fourth-order valence-corrected chi connectivity index (χ4v) is 4.05. The number of benzene rings is 2. The van der Waals surface area contributed by atoms with Crippen molar-refractivity contribution < 1.29 is 15.8 Å². The Morgan fingerprint density at radius 1 is 1.10 bits per heavy atom. The summed E-state index contributed by atoms with van der Waals surface area (Å²) in [6, 6.07) is 16.5. The van der Waals surface area contributed by atoms with Gasteiger partial charge in [0.2, 0.25) is 11.8 Å². The number of carbonyl (C=O) groups is 2. The highest BCUT2D eigenvalue weighted by molar-refractivity contribution is 6.01. The van der Waals surface area contributed by atoms with E-state index in [9.17, 15) is 9.59 Å². The summed E-state index contributed by atoms with van der Waals surface area (Å²) in [6.07, 6.45) is 9.19. The Bertz CT molecular complexity index is 1030. The second-order valence-corrected chi connectivity index (χ2v) is 7.79. The monoisotopic (exact) mass is 388 g/mol. The van der Waals surface area contributed by atoms with Crippen LogP contribution in [0.5, 0.6) is 0 Å². The third kappa shape index (κ3) is 3.49. The van der Waals surface area contributed by atoms with Crippen molar-refractivity contribution in [3.05, 3.63) is 84.1 Å². The summed E-state index contributed by atoms with van der Waals surface area (Å²) in [5, 5.41) is 2.44. The minimum Gasteiger partial charge on any atom is -0.344 e. The molecule has 0 aliphatic carbocycles. The first-order valence-electron chi connectivity index (χ1n) is 9.93. The fraction of sp³-hybridized carbons (Fsp3) is 0.250. The zero-order chi connectivity index (χ0) is 19.8. The molecule has 0 saturated carbocycles. The summed E-state index contributed by atoms with van der Waals surface area (Å²) in [4.78, 5) is 25.8. The van der Waals surface area contributed by atoms with E-state index in [1.807, 2.05) is 24.3 Å². The molecule has 2 atom stereocenters. The van der Waals surface area contributed by atoms with Gasteiger partial charge < -0.3 is 9.64 Å². The van der Waals surface area contributed by atoms with Crippen molar-refractivity contribution in [1.82, 2.24) is 10.2 Å². The van der Waals surface area contributed by atoms with Crippen LogP contribution in [0.4, 0.5) is 0 Å². The second kappa shape index (κ2) is 7.01. The zero-order valence-corrected chi connectivity index (χ0v) is 16.0. The van der Waals surface area contributed by atoms with Crippen LogP contribution in [0.2, 0.25) is 0 Å².